The number of aryl methyl sites for hydroxylation is 2. The van der Waals surface area contributed by atoms with E-state index < -0.39 is 5.97 Å². The number of aromatic amines is 1. The molecule has 0 saturated heterocycles. The monoisotopic (exact) mass is 537 g/mol. The fourth-order valence-electron chi connectivity index (χ4n) is 4.98. The Kier molecular flexibility index (Phi) is 16.6. The van der Waals surface area contributed by atoms with Gasteiger partial charge in [-0.3, -0.25) is 4.79 Å². The second-order valence-electron chi connectivity index (χ2n) is 10.8. The first-order chi connectivity index (χ1) is 19.0. The third kappa shape index (κ3) is 14.1. The topological polar surface area (TPSA) is 93.6 Å². The molecule has 1 heterocycles. The predicted molar refractivity (Wildman–Crippen MR) is 163 cm³/mol. The Morgan fingerprint density at radius 1 is 0.692 bits per heavy atom. The number of phenolic OH excluding ortho intramolecular Hbond substituents is 2. The maximum absolute atomic E-state index is 10.4. The molecule has 2 aromatic carbocycles. The van der Waals surface area contributed by atoms with Crippen molar-refractivity contribution in [2.24, 2.45) is 0 Å². The van der Waals surface area contributed by atoms with Crippen LogP contribution in [0.3, 0.4) is 0 Å². The summed E-state index contributed by atoms with van der Waals surface area (Å²) in [5.41, 5.74) is 2.91. The van der Waals surface area contributed by atoms with Gasteiger partial charge in [-0.15, -0.1) is 0 Å². The quantitative estimate of drug-likeness (QED) is 0.0904. The van der Waals surface area contributed by atoms with Crippen LogP contribution in [0.4, 0.5) is 0 Å². The number of phenols is 2. The van der Waals surface area contributed by atoms with Gasteiger partial charge in [0.1, 0.15) is 0 Å². The van der Waals surface area contributed by atoms with Crippen molar-refractivity contribution >= 4 is 16.9 Å². The van der Waals surface area contributed by atoms with Gasteiger partial charge in [-0.1, -0.05) is 127 Å². The van der Waals surface area contributed by atoms with E-state index in [-0.39, 0.29) is 17.9 Å². The van der Waals surface area contributed by atoms with Gasteiger partial charge < -0.3 is 20.3 Å². The predicted octanol–water partition coefficient (Wildman–Crippen LogP) is 9.70. The summed E-state index contributed by atoms with van der Waals surface area (Å²) in [6.45, 7) is 2.28. The van der Waals surface area contributed by atoms with Gasteiger partial charge in [-0.25, -0.2) is 0 Å². The number of aromatic hydroxyl groups is 2. The van der Waals surface area contributed by atoms with Gasteiger partial charge in [0.25, 0.3) is 0 Å². The molecule has 0 fully saturated rings. The van der Waals surface area contributed by atoms with Gasteiger partial charge in [-0.2, -0.15) is 0 Å². The minimum absolute atomic E-state index is 0.00143. The SMILES string of the molecule is CCCCCCCCCCCCCCCCCc1cccc(O)c1O.O=C(O)CCc1cc2ccccc2[nH]1. The fourth-order valence-corrected chi connectivity index (χ4v) is 4.98. The van der Waals surface area contributed by atoms with E-state index in [4.69, 9.17) is 5.11 Å². The molecule has 3 aromatic rings. The van der Waals surface area contributed by atoms with Gasteiger partial charge in [-0.05, 0) is 48.4 Å². The van der Waals surface area contributed by atoms with Crippen molar-refractivity contribution in [3.05, 3.63) is 59.8 Å². The molecule has 0 saturated carbocycles. The number of H-pyrrole nitrogens is 1. The van der Waals surface area contributed by atoms with Crippen LogP contribution in [-0.4, -0.2) is 26.3 Å². The smallest absolute Gasteiger partial charge is 0.303 e. The third-order valence-corrected chi connectivity index (χ3v) is 7.34. The van der Waals surface area contributed by atoms with Gasteiger partial charge >= 0.3 is 5.97 Å². The summed E-state index contributed by atoms with van der Waals surface area (Å²) in [6.07, 6.45) is 22.0. The summed E-state index contributed by atoms with van der Waals surface area (Å²) in [5, 5.41) is 28.9. The lowest BCUT2D eigenvalue weighted by atomic mass is 10.0. The van der Waals surface area contributed by atoms with Crippen LogP contribution >= 0.6 is 0 Å². The highest BCUT2D eigenvalue weighted by Crippen LogP contribution is 2.29. The standard InChI is InChI=1S/C23H40O2.C11H11NO2/c1-2-3-4-5-6-7-8-9-10-11-12-13-14-15-16-18-21-19-17-20-22(24)23(21)25;13-11(14)6-5-9-7-8-3-1-2-4-10(8)12-9/h17,19-20,24-25H,2-16,18H2,1H3;1-4,7,12H,5-6H2,(H,13,14). The number of hydrogen-bond acceptors (Lipinski definition) is 3. The molecule has 0 aliphatic heterocycles. The summed E-state index contributed by atoms with van der Waals surface area (Å²) in [7, 11) is 0. The largest absolute Gasteiger partial charge is 0.504 e. The van der Waals surface area contributed by atoms with Crippen LogP contribution in [0.1, 0.15) is 121 Å². The Bertz CT molecular complexity index is 1030. The number of aromatic nitrogens is 1. The highest BCUT2D eigenvalue weighted by atomic mass is 16.4. The highest BCUT2D eigenvalue weighted by Gasteiger charge is 2.05. The lowest BCUT2D eigenvalue weighted by Gasteiger charge is -2.06. The third-order valence-electron chi connectivity index (χ3n) is 7.34. The molecule has 1 aromatic heterocycles. The number of carbonyl (C=O) groups is 1. The number of hydrogen-bond donors (Lipinski definition) is 4. The number of unbranched alkanes of at least 4 members (excludes halogenated alkanes) is 14. The minimum Gasteiger partial charge on any atom is -0.504 e. The highest BCUT2D eigenvalue weighted by molar-refractivity contribution is 5.80. The number of nitrogens with one attached hydrogen (secondary N) is 1. The summed E-state index contributed by atoms with van der Waals surface area (Å²) in [5.74, 6) is -0.699. The van der Waals surface area contributed by atoms with Crippen LogP contribution in [0.5, 0.6) is 11.5 Å². The molecule has 0 atom stereocenters. The normalized spacial score (nSPS) is 10.9. The van der Waals surface area contributed by atoms with Gasteiger partial charge in [0.05, 0.1) is 6.42 Å². The van der Waals surface area contributed by atoms with E-state index >= 15 is 0 Å². The molecule has 0 spiro atoms. The van der Waals surface area contributed by atoms with E-state index in [1.165, 1.54) is 96.0 Å². The Morgan fingerprint density at radius 3 is 1.82 bits per heavy atom. The number of rotatable bonds is 19. The van der Waals surface area contributed by atoms with E-state index in [2.05, 4.69) is 11.9 Å². The van der Waals surface area contributed by atoms with E-state index in [9.17, 15) is 15.0 Å². The molecular weight excluding hydrogens is 486 g/mol. The Labute approximate surface area is 235 Å². The van der Waals surface area contributed by atoms with Crippen LogP contribution < -0.4 is 0 Å². The van der Waals surface area contributed by atoms with Crippen LogP contribution in [0, 0.1) is 0 Å². The summed E-state index contributed by atoms with van der Waals surface area (Å²) >= 11 is 0. The first kappa shape index (κ1) is 32.3. The lowest BCUT2D eigenvalue weighted by molar-refractivity contribution is -0.136. The molecule has 5 heteroatoms. The molecule has 0 aliphatic rings. The van der Waals surface area contributed by atoms with Crippen molar-refractivity contribution in [1.82, 2.24) is 4.98 Å². The molecule has 216 valence electrons. The van der Waals surface area contributed by atoms with Crippen LogP contribution in [-0.2, 0) is 17.6 Å². The fraction of sp³-hybridized carbons (Fsp3) is 0.559. The number of para-hydroxylation sites is 2. The molecule has 5 nitrogen and oxygen atoms in total. The van der Waals surface area contributed by atoms with Crippen molar-refractivity contribution in [1.29, 1.82) is 0 Å². The number of carboxylic acid groups (broad SMARTS) is 1. The molecule has 0 bridgehead atoms. The van der Waals surface area contributed by atoms with Crippen LogP contribution in [0.2, 0.25) is 0 Å². The Balaban J connectivity index is 0.000000318. The number of fused-ring (bicyclic) bond motifs is 1. The van der Waals surface area contributed by atoms with Crippen molar-refractivity contribution in [3.8, 4) is 11.5 Å². The van der Waals surface area contributed by atoms with Crippen molar-refractivity contribution in [2.45, 2.75) is 122 Å². The lowest BCUT2D eigenvalue weighted by Crippen LogP contribution is -1.97. The summed E-state index contributed by atoms with van der Waals surface area (Å²) in [6, 6.07) is 15.2. The van der Waals surface area contributed by atoms with Gasteiger partial charge in [0.2, 0.25) is 0 Å². The average Bonchev–Trinajstić information content (AvgIpc) is 3.35. The molecule has 0 amide bonds. The summed E-state index contributed by atoms with van der Waals surface area (Å²) < 4.78 is 0. The molecule has 0 unspecified atom stereocenters. The number of carboxylic acids is 1. The van der Waals surface area contributed by atoms with E-state index in [0.717, 1.165) is 35.0 Å². The maximum atomic E-state index is 10.4. The molecule has 0 radical (unpaired) electrons. The zero-order valence-corrected chi connectivity index (χ0v) is 24.1. The first-order valence-electron chi connectivity index (χ1n) is 15.3. The molecule has 0 aliphatic carbocycles. The average molecular weight is 538 g/mol. The van der Waals surface area contributed by atoms with Crippen LogP contribution in [0.15, 0.2) is 48.5 Å². The first-order valence-corrected chi connectivity index (χ1v) is 15.3. The van der Waals surface area contributed by atoms with Gasteiger partial charge in [0, 0.05) is 11.2 Å². The van der Waals surface area contributed by atoms with E-state index in [1.807, 2.05) is 36.4 Å². The minimum atomic E-state index is -0.761. The second kappa shape index (κ2) is 20.0. The van der Waals surface area contributed by atoms with Gasteiger partial charge in [0.15, 0.2) is 11.5 Å². The van der Waals surface area contributed by atoms with Crippen molar-refractivity contribution in [2.75, 3.05) is 0 Å². The van der Waals surface area contributed by atoms with Crippen LogP contribution in [0.25, 0.3) is 10.9 Å². The Hall–Kier alpha value is -2.95. The molecule has 4 N–H and O–H groups in total. The molecule has 3 rings (SSSR count). The zero-order chi connectivity index (χ0) is 28.1. The van der Waals surface area contributed by atoms with E-state index in [1.54, 1.807) is 6.07 Å². The zero-order valence-electron chi connectivity index (χ0n) is 24.1. The summed E-state index contributed by atoms with van der Waals surface area (Å²) in [4.78, 5) is 13.6. The van der Waals surface area contributed by atoms with E-state index in [0.29, 0.717) is 6.42 Å². The number of aliphatic carboxylic acids is 1. The van der Waals surface area contributed by atoms with Crippen molar-refractivity contribution in [3.63, 3.8) is 0 Å². The van der Waals surface area contributed by atoms with Crippen molar-refractivity contribution < 1.29 is 20.1 Å². The maximum Gasteiger partial charge on any atom is 0.303 e. The molecule has 39 heavy (non-hydrogen) atoms. The molecular formula is C34H51NO4. The second-order valence-corrected chi connectivity index (χ2v) is 10.8. The Morgan fingerprint density at radius 2 is 1.26 bits per heavy atom. The number of benzene rings is 2.